The van der Waals surface area contributed by atoms with E-state index < -0.39 is 24.5 Å². The van der Waals surface area contributed by atoms with Crippen molar-refractivity contribution in [1.29, 1.82) is 0 Å². The molecule has 0 bridgehead atoms. The minimum Gasteiger partial charge on any atom is -0.454 e. The summed E-state index contributed by atoms with van der Waals surface area (Å²) < 4.78 is 4.90. The van der Waals surface area contributed by atoms with Gasteiger partial charge in [-0.05, 0) is 50.6 Å². The number of carbonyl (C=O) groups is 3. The van der Waals surface area contributed by atoms with Crippen molar-refractivity contribution >= 4 is 29.3 Å². The van der Waals surface area contributed by atoms with Crippen LogP contribution in [0.15, 0.2) is 54.6 Å². The number of benzene rings is 2. The Hall–Kier alpha value is -3.55. The van der Waals surface area contributed by atoms with Crippen molar-refractivity contribution in [3.8, 4) is 0 Å². The molecule has 0 atom stereocenters. The number of hydrogen-bond donors (Lipinski definition) is 3. The third-order valence-corrected chi connectivity index (χ3v) is 4.50. The van der Waals surface area contributed by atoms with Crippen LogP contribution in [0.25, 0.3) is 0 Å². The zero-order valence-electron chi connectivity index (χ0n) is 18.2. The third-order valence-electron chi connectivity index (χ3n) is 4.50. The average molecular weight is 427 g/mol. The summed E-state index contributed by atoms with van der Waals surface area (Å²) in [4.78, 5) is 37.7. The third kappa shape index (κ3) is 8.38. The lowest BCUT2D eigenvalue weighted by atomic mass is 10.2. The molecule has 0 spiro atoms. The average Bonchev–Trinajstić information content (AvgIpc) is 2.77. The number of carbonyl (C=O) groups excluding carboxylic acids is 3. The van der Waals surface area contributed by atoms with Crippen LogP contribution < -0.4 is 20.9 Å². The first-order valence-corrected chi connectivity index (χ1v) is 10.3. The summed E-state index contributed by atoms with van der Waals surface area (Å²) in [5, 5.41) is 7.71. The second-order valence-corrected chi connectivity index (χ2v) is 7.16. The number of urea groups is 1. The predicted molar refractivity (Wildman–Crippen MR) is 121 cm³/mol. The molecule has 8 nitrogen and oxygen atoms in total. The van der Waals surface area contributed by atoms with E-state index in [1.165, 1.54) is 0 Å². The van der Waals surface area contributed by atoms with Crippen LogP contribution in [0, 0.1) is 0 Å². The highest BCUT2D eigenvalue weighted by molar-refractivity contribution is 5.93. The molecule has 3 amide bonds. The van der Waals surface area contributed by atoms with Crippen LogP contribution in [0.1, 0.15) is 26.3 Å². The van der Waals surface area contributed by atoms with Crippen LogP contribution in [-0.4, -0.2) is 43.6 Å². The van der Waals surface area contributed by atoms with Gasteiger partial charge in [-0.25, -0.2) is 4.79 Å². The smallest absolute Gasteiger partial charge is 0.325 e. The van der Waals surface area contributed by atoms with Gasteiger partial charge in [0.15, 0.2) is 6.61 Å². The monoisotopic (exact) mass is 426 g/mol. The Morgan fingerprint density at radius 2 is 1.65 bits per heavy atom. The molecule has 3 N–H and O–H groups in total. The van der Waals surface area contributed by atoms with Gasteiger partial charge in [0.2, 0.25) is 0 Å². The second kappa shape index (κ2) is 12.2. The molecule has 166 valence electrons. The molecule has 8 heteroatoms. The van der Waals surface area contributed by atoms with Gasteiger partial charge in [0.1, 0.15) is 6.54 Å². The minimum atomic E-state index is -0.698. The Morgan fingerprint density at radius 3 is 2.26 bits per heavy atom. The Kier molecular flexibility index (Phi) is 9.35. The van der Waals surface area contributed by atoms with Crippen molar-refractivity contribution in [3.05, 3.63) is 60.2 Å². The maximum atomic E-state index is 12.0. The van der Waals surface area contributed by atoms with Crippen molar-refractivity contribution in [2.75, 3.05) is 29.9 Å². The highest BCUT2D eigenvalue weighted by atomic mass is 16.5. The molecule has 0 saturated carbocycles. The van der Waals surface area contributed by atoms with Crippen LogP contribution in [0.2, 0.25) is 0 Å². The molecule has 0 radical (unpaired) electrons. The molecule has 0 aliphatic heterocycles. The zero-order chi connectivity index (χ0) is 22.6. The first-order chi connectivity index (χ1) is 14.9. The van der Waals surface area contributed by atoms with Crippen LogP contribution in [0.3, 0.4) is 0 Å². The summed E-state index contributed by atoms with van der Waals surface area (Å²) >= 11 is 0. The van der Waals surface area contributed by atoms with Gasteiger partial charge >= 0.3 is 12.0 Å². The molecule has 0 aliphatic rings. The first-order valence-electron chi connectivity index (χ1n) is 10.3. The SMILES string of the molecule is CCN(c1ccc(NC(=O)COC(=O)CNC(=O)NCc2ccccc2)cc1)C(C)C. The van der Waals surface area contributed by atoms with Gasteiger partial charge in [0.25, 0.3) is 5.91 Å². The molecular formula is C23H30N4O4. The van der Waals surface area contributed by atoms with E-state index in [1.807, 2.05) is 42.5 Å². The molecule has 0 heterocycles. The summed E-state index contributed by atoms with van der Waals surface area (Å²) in [6, 6.07) is 16.7. The number of rotatable bonds is 10. The fourth-order valence-electron chi connectivity index (χ4n) is 2.97. The van der Waals surface area contributed by atoms with Gasteiger partial charge in [-0.15, -0.1) is 0 Å². The van der Waals surface area contributed by atoms with Crippen molar-refractivity contribution in [1.82, 2.24) is 10.6 Å². The molecular weight excluding hydrogens is 396 g/mol. The lowest BCUT2D eigenvalue weighted by Gasteiger charge is -2.27. The van der Waals surface area contributed by atoms with Crippen LogP contribution >= 0.6 is 0 Å². The molecule has 31 heavy (non-hydrogen) atoms. The summed E-state index contributed by atoms with van der Waals surface area (Å²) in [6.07, 6.45) is 0. The van der Waals surface area contributed by atoms with E-state index in [2.05, 4.69) is 41.6 Å². The highest BCUT2D eigenvalue weighted by Gasteiger charge is 2.11. The minimum absolute atomic E-state index is 0.329. The van der Waals surface area contributed by atoms with Crippen LogP contribution in [-0.2, 0) is 20.9 Å². The van der Waals surface area contributed by atoms with Crippen LogP contribution in [0.4, 0.5) is 16.2 Å². The topological polar surface area (TPSA) is 99.8 Å². The number of ether oxygens (including phenoxy) is 1. The molecule has 2 aromatic rings. The summed E-state index contributed by atoms with van der Waals surface area (Å²) in [5.41, 5.74) is 2.62. The van der Waals surface area contributed by atoms with E-state index in [0.717, 1.165) is 17.8 Å². The Balaban J connectivity index is 1.67. The molecule has 0 saturated heterocycles. The van der Waals surface area contributed by atoms with E-state index in [4.69, 9.17) is 4.74 Å². The van der Waals surface area contributed by atoms with Crippen LogP contribution in [0.5, 0.6) is 0 Å². The van der Waals surface area contributed by atoms with E-state index >= 15 is 0 Å². The molecule has 0 aliphatic carbocycles. The second-order valence-electron chi connectivity index (χ2n) is 7.16. The zero-order valence-corrected chi connectivity index (χ0v) is 18.2. The number of hydrogen-bond acceptors (Lipinski definition) is 5. The fraction of sp³-hybridized carbons (Fsp3) is 0.348. The Morgan fingerprint density at radius 1 is 0.968 bits per heavy atom. The van der Waals surface area contributed by atoms with Gasteiger partial charge in [0, 0.05) is 30.5 Å². The van der Waals surface area contributed by atoms with Crippen molar-refractivity contribution < 1.29 is 19.1 Å². The van der Waals surface area contributed by atoms with Gasteiger partial charge in [-0.1, -0.05) is 30.3 Å². The predicted octanol–water partition coefficient (Wildman–Crippen LogP) is 2.90. The molecule has 2 aromatic carbocycles. The van der Waals surface area contributed by atoms with Crippen molar-refractivity contribution in [3.63, 3.8) is 0 Å². The normalized spacial score (nSPS) is 10.3. The summed E-state index contributed by atoms with van der Waals surface area (Å²) in [7, 11) is 0. The summed E-state index contributed by atoms with van der Waals surface area (Å²) in [5.74, 6) is -1.15. The highest BCUT2D eigenvalue weighted by Crippen LogP contribution is 2.19. The Bertz CT molecular complexity index is 854. The standard InChI is InChI=1S/C23H30N4O4/c1-4-27(17(2)3)20-12-10-19(11-13-20)26-21(28)16-31-22(29)15-25-23(30)24-14-18-8-6-5-7-9-18/h5-13,17H,4,14-16H2,1-3H3,(H,26,28)(H2,24,25,30). The number of esters is 1. The maximum absolute atomic E-state index is 12.0. The lowest BCUT2D eigenvalue weighted by Crippen LogP contribution is -2.39. The molecule has 0 fully saturated rings. The van der Waals surface area contributed by atoms with Gasteiger partial charge in [-0.3, -0.25) is 9.59 Å². The number of amides is 3. The molecule has 0 aromatic heterocycles. The number of anilines is 2. The summed E-state index contributed by atoms with van der Waals surface area (Å²) in [6.45, 7) is 6.80. The number of nitrogens with one attached hydrogen (secondary N) is 3. The maximum Gasteiger partial charge on any atom is 0.325 e. The van der Waals surface area contributed by atoms with E-state index in [1.54, 1.807) is 12.1 Å². The lowest BCUT2D eigenvalue weighted by molar-refractivity contribution is -0.146. The van der Waals surface area contributed by atoms with E-state index in [0.29, 0.717) is 18.3 Å². The largest absolute Gasteiger partial charge is 0.454 e. The fourth-order valence-corrected chi connectivity index (χ4v) is 2.97. The molecule has 0 unspecified atom stereocenters. The van der Waals surface area contributed by atoms with Gasteiger partial charge in [0.05, 0.1) is 0 Å². The van der Waals surface area contributed by atoms with E-state index in [-0.39, 0.29) is 6.54 Å². The van der Waals surface area contributed by atoms with Crippen molar-refractivity contribution in [2.24, 2.45) is 0 Å². The Labute approximate surface area is 183 Å². The van der Waals surface area contributed by atoms with Gasteiger partial charge < -0.3 is 25.6 Å². The van der Waals surface area contributed by atoms with E-state index in [9.17, 15) is 14.4 Å². The quantitative estimate of drug-likeness (QED) is 0.507. The molecule has 2 rings (SSSR count). The first kappa shape index (κ1) is 23.7. The van der Waals surface area contributed by atoms with Crippen molar-refractivity contribution in [2.45, 2.75) is 33.4 Å². The number of nitrogens with zero attached hydrogens (tertiary/aromatic N) is 1. The van der Waals surface area contributed by atoms with Gasteiger partial charge in [-0.2, -0.15) is 0 Å².